The number of carbonyl (C=O) groups excluding carboxylic acids is 2. The molecule has 2 amide bonds. The van der Waals surface area contributed by atoms with Crippen LogP contribution in [0.2, 0.25) is 0 Å². The lowest BCUT2D eigenvalue weighted by molar-refractivity contribution is -0.0492. The second-order valence-corrected chi connectivity index (χ2v) is 4.11. The van der Waals surface area contributed by atoms with Gasteiger partial charge in [-0.25, -0.2) is 0 Å². The average Bonchev–Trinajstić information content (AvgIpc) is 2.50. The number of imide groups is 1. The third-order valence-corrected chi connectivity index (χ3v) is 3.09. The molecule has 4 heteroatoms. The molecule has 1 fully saturated rings. The summed E-state index contributed by atoms with van der Waals surface area (Å²) < 4.78 is 5.34. The zero-order chi connectivity index (χ0) is 11.1. The van der Waals surface area contributed by atoms with Gasteiger partial charge in [-0.1, -0.05) is 12.1 Å². The molecule has 1 atom stereocenters. The van der Waals surface area contributed by atoms with Gasteiger partial charge in [-0.3, -0.25) is 14.9 Å². The van der Waals surface area contributed by atoms with Gasteiger partial charge in [0.15, 0.2) is 0 Å². The van der Waals surface area contributed by atoms with Crippen LogP contribution in [0.25, 0.3) is 0 Å². The van der Waals surface area contributed by atoms with Crippen LogP contribution in [0.5, 0.6) is 0 Å². The van der Waals surface area contributed by atoms with E-state index >= 15 is 0 Å². The van der Waals surface area contributed by atoms with Gasteiger partial charge in [0.2, 0.25) is 0 Å². The van der Waals surface area contributed by atoms with Crippen LogP contribution >= 0.6 is 0 Å². The van der Waals surface area contributed by atoms with Crippen LogP contribution in [0.4, 0.5) is 0 Å². The second kappa shape index (κ2) is 3.42. The van der Waals surface area contributed by atoms with Gasteiger partial charge in [-0.15, -0.1) is 0 Å². The maximum Gasteiger partial charge on any atom is 0.259 e. The lowest BCUT2D eigenvalue weighted by Crippen LogP contribution is -2.29. The fourth-order valence-corrected chi connectivity index (χ4v) is 2.15. The van der Waals surface area contributed by atoms with Crippen molar-refractivity contribution in [1.29, 1.82) is 0 Å². The average molecular weight is 217 g/mol. The number of nitrogens with one attached hydrogen (secondary N) is 1. The summed E-state index contributed by atoms with van der Waals surface area (Å²) in [4.78, 5) is 23.0. The van der Waals surface area contributed by atoms with E-state index in [4.69, 9.17) is 4.74 Å². The largest absolute Gasteiger partial charge is 0.378 e. The number of carbonyl (C=O) groups is 2. The van der Waals surface area contributed by atoms with E-state index in [9.17, 15) is 9.59 Å². The summed E-state index contributed by atoms with van der Waals surface area (Å²) in [6.45, 7) is 0.796. The maximum atomic E-state index is 11.6. The molecule has 16 heavy (non-hydrogen) atoms. The molecule has 82 valence electrons. The van der Waals surface area contributed by atoms with Crippen molar-refractivity contribution in [2.75, 3.05) is 6.61 Å². The van der Waals surface area contributed by atoms with Gasteiger partial charge in [-0.2, -0.15) is 0 Å². The Morgan fingerprint density at radius 3 is 2.81 bits per heavy atom. The highest BCUT2D eigenvalue weighted by molar-refractivity contribution is 6.22. The number of hydrogen-bond donors (Lipinski definition) is 1. The summed E-state index contributed by atoms with van der Waals surface area (Å²) >= 11 is 0. The number of hydrogen-bond acceptors (Lipinski definition) is 3. The molecule has 1 saturated heterocycles. The van der Waals surface area contributed by atoms with Crippen molar-refractivity contribution < 1.29 is 14.3 Å². The van der Waals surface area contributed by atoms with Crippen LogP contribution in [0.3, 0.4) is 0 Å². The topological polar surface area (TPSA) is 55.4 Å². The third kappa shape index (κ3) is 1.34. The molecule has 1 N–H and O–H groups in total. The summed E-state index contributed by atoms with van der Waals surface area (Å²) in [5.74, 6) is -0.577. The fraction of sp³-hybridized carbons (Fsp3) is 0.333. The first-order valence-corrected chi connectivity index (χ1v) is 5.35. The summed E-state index contributed by atoms with van der Waals surface area (Å²) in [6.07, 6.45) is 1.94. The van der Waals surface area contributed by atoms with Crippen LogP contribution in [0.15, 0.2) is 18.2 Å². The Bertz CT molecular complexity index is 477. The van der Waals surface area contributed by atoms with E-state index in [1.807, 2.05) is 12.1 Å². The molecular weight excluding hydrogens is 206 g/mol. The van der Waals surface area contributed by atoms with Gasteiger partial charge < -0.3 is 4.74 Å². The third-order valence-electron chi connectivity index (χ3n) is 3.09. The normalized spacial score (nSPS) is 22.6. The minimum absolute atomic E-state index is 0.204. The summed E-state index contributed by atoms with van der Waals surface area (Å²) in [7, 11) is 0. The lowest BCUT2D eigenvalue weighted by atomic mass is 9.96. The molecule has 2 aliphatic heterocycles. The highest BCUT2D eigenvalue weighted by Crippen LogP contribution is 2.24. The first-order valence-electron chi connectivity index (χ1n) is 5.35. The Morgan fingerprint density at radius 2 is 2.12 bits per heavy atom. The molecule has 0 aliphatic carbocycles. The summed E-state index contributed by atoms with van der Waals surface area (Å²) in [5.41, 5.74) is 1.93. The molecule has 0 saturated carbocycles. The number of rotatable bonds is 2. The SMILES string of the molecule is O=C1NC(=O)c2c(C[C@@H]3CCO3)cccc21. The number of fused-ring (bicyclic) bond motifs is 1. The summed E-state index contributed by atoms with van der Waals surface area (Å²) in [6, 6.07) is 5.38. The van der Waals surface area contributed by atoms with Crippen molar-refractivity contribution in [2.45, 2.75) is 18.9 Å². The molecule has 2 heterocycles. The Balaban J connectivity index is 1.99. The van der Waals surface area contributed by atoms with E-state index in [1.165, 1.54) is 0 Å². The van der Waals surface area contributed by atoms with E-state index in [0.29, 0.717) is 17.5 Å². The van der Waals surface area contributed by atoms with Gasteiger partial charge in [-0.05, 0) is 24.5 Å². The first kappa shape index (κ1) is 9.54. The standard InChI is InChI=1S/C12H11NO3/c14-11-9-3-1-2-7(6-8-4-5-16-8)10(9)12(15)13-11/h1-3,8H,4-6H2,(H,13,14,15)/t8-/m0/s1. The fourth-order valence-electron chi connectivity index (χ4n) is 2.15. The quantitative estimate of drug-likeness (QED) is 0.749. The van der Waals surface area contributed by atoms with Gasteiger partial charge >= 0.3 is 0 Å². The molecule has 0 unspecified atom stereocenters. The van der Waals surface area contributed by atoms with Crippen LogP contribution in [-0.4, -0.2) is 24.5 Å². The molecule has 1 aromatic carbocycles. The summed E-state index contributed by atoms with van der Waals surface area (Å²) in [5, 5.41) is 2.31. The van der Waals surface area contributed by atoms with Crippen molar-refractivity contribution >= 4 is 11.8 Å². The van der Waals surface area contributed by atoms with Crippen molar-refractivity contribution in [1.82, 2.24) is 5.32 Å². The van der Waals surface area contributed by atoms with Crippen LogP contribution in [0.1, 0.15) is 32.7 Å². The van der Waals surface area contributed by atoms with Gasteiger partial charge in [0, 0.05) is 6.61 Å². The van der Waals surface area contributed by atoms with Crippen LogP contribution in [-0.2, 0) is 11.2 Å². The minimum Gasteiger partial charge on any atom is -0.378 e. The molecule has 3 rings (SSSR count). The van der Waals surface area contributed by atoms with Crippen molar-refractivity contribution in [3.8, 4) is 0 Å². The van der Waals surface area contributed by atoms with E-state index in [0.717, 1.165) is 18.6 Å². The van der Waals surface area contributed by atoms with Crippen LogP contribution < -0.4 is 5.32 Å². The molecule has 0 spiro atoms. The Labute approximate surface area is 92.6 Å². The highest BCUT2D eigenvalue weighted by atomic mass is 16.5. The molecule has 0 radical (unpaired) electrons. The monoisotopic (exact) mass is 217 g/mol. The lowest BCUT2D eigenvalue weighted by Gasteiger charge is -2.26. The maximum absolute atomic E-state index is 11.6. The Kier molecular flexibility index (Phi) is 2.04. The van der Waals surface area contributed by atoms with Gasteiger partial charge in [0.25, 0.3) is 11.8 Å². The van der Waals surface area contributed by atoms with E-state index in [-0.39, 0.29) is 17.9 Å². The Hall–Kier alpha value is -1.68. The Morgan fingerprint density at radius 1 is 1.31 bits per heavy atom. The second-order valence-electron chi connectivity index (χ2n) is 4.11. The van der Waals surface area contributed by atoms with Gasteiger partial charge in [0.1, 0.15) is 0 Å². The molecular formula is C12H11NO3. The predicted molar refractivity (Wildman–Crippen MR) is 56.3 cm³/mol. The zero-order valence-corrected chi connectivity index (χ0v) is 8.66. The predicted octanol–water partition coefficient (Wildman–Crippen LogP) is 0.902. The molecule has 0 bridgehead atoms. The first-order chi connectivity index (χ1) is 7.75. The molecule has 0 aromatic heterocycles. The van der Waals surface area contributed by atoms with Gasteiger partial charge in [0.05, 0.1) is 17.2 Å². The molecule has 1 aromatic rings. The molecule has 2 aliphatic rings. The van der Waals surface area contributed by atoms with Crippen LogP contribution in [0, 0.1) is 0 Å². The van der Waals surface area contributed by atoms with E-state index in [1.54, 1.807) is 6.07 Å². The van der Waals surface area contributed by atoms with Crippen molar-refractivity contribution in [3.63, 3.8) is 0 Å². The van der Waals surface area contributed by atoms with E-state index in [2.05, 4.69) is 5.32 Å². The molecule has 4 nitrogen and oxygen atoms in total. The minimum atomic E-state index is -0.295. The van der Waals surface area contributed by atoms with E-state index < -0.39 is 0 Å². The smallest absolute Gasteiger partial charge is 0.259 e. The number of ether oxygens (including phenoxy) is 1. The number of amides is 2. The van der Waals surface area contributed by atoms with Crippen molar-refractivity contribution in [3.05, 3.63) is 34.9 Å². The number of benzene rings is 1. The highest BCUT2D eigenvalue weighted by Gasteiger charge is 2.30. The van der Waals surface area contributed by atoms with Crippen molar-refractivity contribution in [2.24, 2.45) is 0 Å². The zero-order valence-electron chi connectivity index (χ0n) is 8.66.